The van der Waals surface area contributed by atoms with Crippen LogP contribution in [-0.4, -0.2) is 10.2 Å². The van der Waals surface area contributed by atoms with Crippen LogP contribution in [0, 0.1) is 6.92 Å². The van der Waals surface area contributed by atoms with Gasteiger partial charge in [0.15, 0.2) is 0 Å². The molecule has 3 heteroatoms. The number of phenols is 1. The molecule has 0 unspecified atom stereocenters. The lowest BCUT2D eigenvalue weighted by molar-refractivity contribution is 0.282. The summed E-state index contributed by atoms with van der Waals surface area (Å²) in [6.45, 7) is 2.02. The number of aromatic hydroxyl groups is 1. The number of hydrogen-bond acceptors (Lipinski definition) is 3. The van der Waals surface area contributed by atoms with E-state index in [-0.39, 0.29) is 12.4 Å². The summed E-state index contributed by atoms with van der Waals surface area (Å²) in [5, 5.41) is 19.5. The lowest BCUT2D eigenvalue weighted by atomic mass is 10.1. The molecular formula is C16H14O3. The summed E-state index contributed by atoms with van der Waals surface area (Å²) in [4.78, 5) is 0. The van der Waals surface area contributed by atoms with Gasteiger partial charge >= 0.3 is 0 Å². The van der Waals surface area contributed by atoms with Gasteiger partial charge in [-0.3, -0.25) is 0 Å². The number of aryl methyl sites for hydroxylation is 1. The number of fused-ring (bicyclic) bond motifs is 1. The monoisotopic (exact) mass is 254 g/mol. The number of benzene rings is 2. The van der Waals surface area contributed by atoms with Crippen molar-refractivity contribution < 1.29 is 14.6 Å². The number of aliphatic hydroxyl groups is 1. The van der Waals surface area contributed by atoms with Crippen molar-refractivity contribution >= 4 is 11.0 Å². The maximum atomic E-state index is 9.32. The SMILES string of the molecule is Cc1c(-c2ccc(O)cc2)oc2ccc(CO)cc12. The first kappa shape index (κ1) is 11.8. The zero-order valence-electron chi connectivity index (χ0n) is 10.6. The molecule has 2 aromatic carbocycles. The van der Waals surface area contributed by atoms with Gasteiger partial charge in [0, 0.05) is 16.5 Å². The van der Waals surface area contributed by atoms with Crippen molar-refractivity contribution in [3.63, 3.8) is 0 Å². The molecule has 0 fully saturated rings. The maximum Gasteiger partial charge on any atom is 0.138 e. The average Bonchev–Trinajstić information content (AvgIpc) is 2.76. The lowest BCUT2D eigenvalue weighted by Crippen LogP contribution is -1.81. The van der Waals surface area contributed by atoms with Crippen LogP contribution < -0.4 is 0 Å². The van der Waals surface area contributed by atoms with E-state index < -0.39 is 0 Å². The Hall–Kier alpha value is -2.26. The second-order valence-electron chi connectivity index (χ2n) is 4.59. The Morgan fingerprint density at radius 2 is 1.79 bits per heavy atom. The smallest absolute Gasteiger partial charge is 0.138 e. The molecule has 3 aromatic rings. The molecule has 1 aromatic heterocycles. The van der Waals surface area contributed by atoms with Crippen LogP contribution in [0.25, 0.3) is 22.3 Å². The first-order chi connectivity index (χ1) is 9.19. The molecule has 0 saturated carbocycles. The summed E-state index contributed by atoms with van der Waals surface area (Å²) >= 11 is 0. The summed E-state index contributed by atoms with van der Waals surface area (Å²) in [6, 6.07) is 12.6. The second-order valence-corrected chi connectivity index (χ2v) is 4.59. The molecule has 19 heavy (non-hydrogen) atoms. The number of rotatable bonds is 2. The Morgan fingerprint density at radius 3 is 2.47 bits per heavy atom. The van der Waals surface area contributed by atoms with Crippen molar-refractivity contribution in [1.82, 2.24) is 0 Å². The maximum absolute atomic E-state index is 9.32. The van der Waals surface area contributed by atoms with Crippen molar-refractivity contribution in [3.05, 3.63) is 53.6 Å². The summed E-state index contributed by atoms with van der Waals surface area (Å²) in [6.07, 6.45) is 0. The third-order valence-electron chi connectivity index (χ3n) is 3.31. The van der Waals surface area contributed by atoms with E-state index in [9.17, 15) is 10.2 Å². The molecule has 2 N–H and O–H groups in total. The fourth-order valence-electron chi connectivity index (χ4n) is 2.25. The Kier molecular flexibility index (Phi) is 2.76. The minimum Gasteiger partial charge on any atom is -0.508 e. The van der Waals surface area contributed by atoms with Gasteiger partial charge in [0.05, 0.1) is 6.61 Å². The van der Waals surface area contributed by atoms with Gasteiger partial charge in [0.1, 0.15) is 17.1 Å². The van der Waals surface area contributed by atoms with Gasteiger partial charge in [-0.2, -0.15) is 0 Å². The Labute approximate surface area is 110 Å². The summed E-state index contributed by atoms with van der Waals surface area (Å²) in [7, 11) is 0. The number of furan rings is 1. The molecule has 0 atom stereocenters. The van der Waals surface area contributed by atoms with Gasteiger partial charge in [-0.05, 0) is 48.9 Å². The molecule has 0 saturated heterocycles. The third kappa shape index (κ3) is 1.98. The molecule has 0 aliphatic rings. The zero-order valence-corrected chi connectivity index (χ0v) is 10.6. The van der Waals surface area contributed by atoms with E-state index in [1.165, 1.54) is 0 Å². The topological polar surface area (TPSA) is 53.6 Å². The summed E-state index contributed by atoms with van der Waals surface area (Å²) < 4.78 is 5.86. The predicted octanol–water partition coefficient (Wildman–Crippen LogP) is 3.61. The molecule has 0 aliphatic carbocycles. The molecule has 0 amide bonds. The first-order valence-electron chi connectivity index (χ1n) is 6.11. The molecule has 0 radical (unpaired) electrons. The van der Waals surface area contributed by atoms with Crippen molar-refractivity contribution in [2.24, 2.45) is 0 Å². The molecule has 96 valence electrons. The van der Waals surface area contributed by atoms with E-state index in [0.717, 1.165) is 33.4 Å². The van der Waals surface area contributed by atoms with Gasteiger partial charge in [0.25, 0.3) is 0 Å². The quantitative estimate of drug-likeness (QED) is 0.734. The van der Waals surface area contributed by atoms with E-state index in [2.05, 4.69) is 0 Å². The Balaban J connectivity index is 2.19. The average molecular weight is 254 g/mol. The minimum absolute atomic E-state index is 0.0229. The molecular weight excluding hydrogens is 240 g/mol. The number of aliphatic hydroxyl groups excluding tert-OH is 1. The fourth-order valence-corrected chi connectivity index (χ4v) is 2.25. The van der Waals surface area contributed by atoms with Crippen molar-refractivity contribution in [2.45, 2.75) is 13.5 Å². The zero-order chi connectivity index (χ0) is 13.4. The van der Waals surface area contributed by atoms with Gasteiger partial charge < -0.3 is 14.6 Å². The summed E-state index contributed by atoms with van der Waals surface area (Å²) in [5.74, 6) is 1.03. The highest BCUT2D eigenvalue weighted by molar-refractivity contribution is 5.88. The van der Waals surface area contributed by atoms with Gasteiger partial charge in [-0.25, -0.2) is 0 Å². The van der Waals surface area contributed by atoms with Gasteiger partial charge in [-0.1, -0.05) is 6.07 Å². The Bertz CT molecular complexity index is 724. The van der Waals surface area contributed by atoms with E-state index in [1.54, 1.807) is 12.1 Å². The third-order valence-corrected chi connectivity index (χ3v) is 3.31. The van der Waals surface area contributed by atoms with Crippen molar-refractivity contribution in [1.29, 1.82) is 0 Å². The van der Waals surface area contributed by atoms with Crippen LogP contribution >= 0.6 is 0 Å². The van der Waals surface area contributed by atoms with E-state index in [1.807, 2.05) is 37.3 Å². The van der Waals surface area contributed by atoms with Gasteiger partial charge in [0.2, 0.25) is 0 Å². The standard InChI is InChI=1S/C16H14O3/c1-10-14-8-11(9-17)2-7-15(14)19-16(10)12-3-5-13(18)6-4-12/h2-8,17-18H,9H2,1H3. The highest BCUT2D eigenvalue weighted by atomic mass is 16.3. The van der Waals surface area contributed by atoms with E-state index >= 15 is 0 Å². The molecule has 0 bridgehead atoms. The van der Waals surface area contributed by atoms with Crippen LogP contribution in [0.15, 0.2) is 46.9 Å². The molecule has 3 rings (SSSR count). The molecule has 3 nitrogen and oxygen atoms in total. The fraction of sp³-hybridized carbons (Fsp3) is 0.125. The van der Waals surface area contributed by atoms with Crippen LogP contribution in [0.3, 0.4) is 0 Å². The van der Waals surface area contributed by atoms with E-state index in [4.69, 9.17) is 4.42 Å². The van der Waals surface area contributed by atoms with Crippen LogP contribution in [0.4, 0.5) is 0 Å². The normalized spacial score (nSPS) is 11.1. The van der Waals surface area contributed by atoms with Crippen LogP contribution in [-0.2, 0) is 6.61 Å². The first-order valence-corrected chi connectivity index (χ1v) is 6.11. The molecule has 0 aliphatic heterocycles. The van der Waals surface area contributed by atoms with Crippen molar-refractivity contribution in [2.75, 3.05) is 0 Å². The van der Waals surface area contributed by atoms with Gasteiger partial charge in [-0.15, -0.1) is 0 Å². The highest BCUT2D eigenvalue weighted by Crippen LogP contribution is 2.34. The molecule has 1 heterocycles. The Morgan fingerprint density at radius 1 is 1.05 bits per heavy atom. The largest absolute Gasteiger partial charge is 0.508 e. The van der Waals surface area contributed by atoms with Crippen LogP contribution in [0.1, 0.15) is 11.1 Å². The van der Waals surface area contributed by atoms with E-state index in [0.29, 0.717) is 0 Å². The lowest BCUT2D eigenvalue weighted by Gasteiger charge is -1.98. The van der Waals surface area contributed by atoms with Crippen LogP contribution in [0.2, 0.25) is 0 Å². The summed E-state index contributed by atoms with van der Waals surface area (Å²) in [5.41, 5.74) is 3.64. The molecule has 0 spiro atoms. The van der Waals surface area contributed by atoms with Crippen molar-refractivity contribution in [3.8, 4) is 17.1 Å². The second kappa shape index (κ2) is 4.44. The number of phenolic OH excluding ortho intramolecular Hbond substituents is 1. The predicted molar refractivity (Wildman–Crippen MR) is 74.0 cm³/mol. The van der Waals surface area contributed by atoms with Crippen LogP contribution in [0.5, 0.6) is 5.75 Å². The minimum atomic E-state index is 0.0229. The highest BCUT2D eigenvalue weighted by Gasteiger charge is 2.12. The number of hydrogen-bond donors (Lipinski definition) is 2.